The van der Waals surface area contributed by atoms with Crippen molar-refractivity contribution >= 4 is 16.9 Å². The van der Waals surface area contributed by atoms with Gasteiger partial charge in [0.25, 0.3) is 5.91 Å². The number of carbonyl (C=O) groups excluding carboxylic acids is 1. The van der Waals surface area contributed by atoms with Crippen molar-refractivity contribution in [2.45, 2.75) is 25.8 Å². The molecular formula is C15H17NO4. The minimum atomic E-state index is -0.735. The predicted molar refractivity (Wildman–Crippen MR) is 75.7 cm³/mol. The molecule has 0 aliphatic carbocycles. The van der Waals surface area contributed by atoms with E-state index in [1.165, 1.54) is 6.07 Å². The Hall–Kier alpha value is -2.14. The van der Waals surface area contributed by atoms with Crippen LogP contribution in [0.5, 0.6) is 0 Å². The number of fused-ring (bicyclic) bond motifs is 1. The zero-order chi connectivity index (χ0) is 14.8. The Morgan fingerprint density at radius 2 is 2.10 bits per heavy atom. The molecule has 20 heavy (non-hydrogen) atoms. The van der Waals surface area contributed by atoms with Gasteiger partial charge in [-0.1, -0.05) is 19.1 Å². The van der Waals surface area contributed by atoms with Crippen LogP contribution in [-0.2, 0) is 0 Å². The normalized spacial score (nSPS) is 13.9. The molecule has 0 saturated carbocycles. The van der Waals surface area contributed by atoms with E-state index in [0.29, 0.717) is 17.4 Å². The Kier molecular flexibility index (Phi) is 3.90. The van der Waals surface area contributed by atoms with Crippen LogP contribution in [0.4, 0.5) is 0 Å². The van der Waals surface area contributed by atoms with E-state index in [4.69, 9.17) is 4.42 Å². The predicted octanol–water partition coefficient (Wildman–Crippen LogP) is 1.68. The summed E-state index contributed by atoms with van der Waals surface area (Å²) in [5.41, 5.74) is -0.632. The van der Waals surface area contributed by atoms with Crippen LogP contribution in [0.2, 0.25) is 0 Å². The molecule has 1 amide bonds. The van der Waals surface area contributed by atoms with Gasteiger partial charge in [-0.05, 0) is 25.5 Å². The van der Waals surface area contributed by atoms with E-state index in [1.54, 1.807) is 31.2 Å². The highest BCUT2D eigenvalue weighted by Gasteiger charge is 2.25. The van der Waals surface area contributed by atoms with Gasteiger partial charge in [-0.3, -0.25) is 9.59 Å². The fraction of sp³-hybridized carbons (Fsp3) is 0.333. The SMILES string of the molecule is CCC(C)(CO)NC(=O)c1cc(=O)c2ccccc2o1. The molecule has 1 aromatic carbocycles. The first-order valence-electron chi connectivity index (χ1n) is 6.45. The summed E-state index contributed by atoms with van der Waals surface area (Å²) in [7, 11) is 0. The van der Waals surface area contributed by atoms with Gasteiger partial charge in [-0.25, -0.2) is 0 Å². The number of benzene rings is 1. The molecular weight excluding hydrogens is 258 g/mol. The first-order valence-corrected chi connectivity index (χ1v) is 6.45. The molecule has 0 spiro atoms. The highest BCUT2D eigenvalue weighted by Crippen LogP contribution is 2.14. The van der Waals surface area contributed by atoms with Gasteiger partial charge in [0.05, 0.1) is 17.5 Å². The summed E-state index contributed by atoms with van der Waals surface area (Å²) in [6.07, 6.45) is 0.563. The number of carbonyl (C=O) groups is 1. The van der Waals surface area contributed by atoms with E-state index >= 15 is 0 Å². The maximum absolute atomic E-state index is 12.1. The van der Waals surface area contributed by atoms with E-state index in [1.807, 2.05) is 6.92 Å². The lowest BCUT2D eigenvalue weighted by molar-refractivity contribution is 0.0820. The van der Waals surface area contributed by atoms with Crippen LogP contribution in [0.25, 0.3) is 11.0 Å². The summed E-state index contributed by atoms with van der Waals surface area (Å²) < 4.78 is 5.45. The lowest BCUT2D eigenvalue weighted by Crippen LogP contribution is -2.48. The van der Waals surface area contributed by atoms with E-state index in [2.05, 4.69) is 5.32 Å². The molecule has 2 aromatic rings. The number of nitrogens with one attached hydrogen (secondary N) is 1. The van der Waals surface area contributed by atoms with Crippen molar-refractivity contribution in [3.63, 3.8) is 0 Å². The molecule has 0 saturated heterocycles. The monoisotopic (exact) mass is 275 g/mol. The fourth-order valence-electron chi connectivity index (χ4n) is 1.79. The maximum atomic E-state index is 12.1. The van der Waals surface area contributed by atoms with Crippen LogP contribution in [0.15, 0.2) is 39.5 Å². The van der Waals surface area contributed by atoms with Gasteiger partial charge >= 0.3 is 0 Å². The van der Waals surface area contributed by atoms with Crippen LogP contribution in [0.1, 0.15) is 30.8 Å². The second-order valence-electron chi connectivity index (χ2n) is 5.00. The molecule has 0 fully saturated rings. The molecule has 106 valence electrons. The maximum Gasteiger partial charge on any atom is 0.287 e. The smallest absolute Gasteiger partial charge is 0.287 e. The number of aliphatic hydroxyl groups excluding tert-OH is 1. The Balaban J connectivity index is 2.38. The molecule has 2 rings (SSSR count). The van der Waals surface area contributed by atoms with Crippen LogP contribution in [0, 0.1) is 0 Å². The standard InChI is InChI=1S/C15H17NO4/c1-3-15(2,9-17)16-14(19)13-8-11(18)10-6-4-5-7-12(10)20-13/h4-8,17H,3,9H2,1-2H3,(H,16,19). The minimum Gasteiger partial charge on any atom is -0.451 e. The quantitative estimate of drug-likeness (QED) is 0.889. The zero-order valence-electron chi connectivity index (χ0n) is 11.5. The summed E-state index contributed by atoms with van der Waals surface area (Å²) in [6, 6.07) is 7.92. The van der Waals surface area contributed by atoms with Gasteiger partial charge in [0, 0.05) is 6.07 Å². The summed E-state index contributed by atoms with van der Waals surface area (Å²) in [5.74, 6) is -0.562. The van der Waals surface area contributed by atoms with Gasteiger partial charge < -0.3 is 14.8 Å². The molecule has 5 heteroatoms. The second-order valence-corrected chi connectivity index (χ2v) is 5.00. The molecule has 0 aliphatic heterocycles. The first-order chi connectivity index (χ1) is 9.49. The molecule has 5 nitrogen and oxygen atoms in total. The molecule has 0 radical (unpaired) electrons. The van der Waals surface area contributed by atoms with Crippen LogP contribution >= 0.6 is 0 Å². The molecule has 1 unspecified atom stereocenters. The largest absolute Gasteiger partial charge is 0.451 e. The topological polar surface area (TPSA) is 79.5 Å². The highest BCUT2D eigenvalue weighted by atomic mass is 16.3. The number of rotatable bonds is 4. The number of aliphatic hydroxyl groups is 1. The first kappa shape index (κ1) is 14.3. The third kappa shape index (κ3) is 2.72. The Morgan fingerprint density at radius 1 is 1.40 bits per heavy atom. The fourth-order valence-corrected chi connectivity index (χ4v) is 1.79. The van der Waals surface area contributed by atoms with Crippen molar-refractivity contribution < 1.29 is 14.3 Å². The van der Waals surface area contributed by atoms with Crippen molar-refractivity contribution in [3.8, 4) is 0 Å². The van der Waals surface area contributed by atoms with Gasteiger partial charge in [0.15, 0.2) is 11.2 Å². The van der Waals surface area contributed by atoms with E-state index in [0.717, 1.165) is 0 Å². The van der Waals surface area contributed by atoms with Crippen molar-refractivity contribution in [1.29, 1.82) is 0 Å². The van der Waals surface area contributed by atoms with Gasteiger partial charge in [0.1, 0.15) is 5.58 Å². The van der Waals surface area contributed by atoms with Crippen molar-refractivity contribution in [3.05, 3.63) is 46.3 Å². The summed E-state index contributed by atoms with van der Waals surface area (Å²) in [6.45, 7) is 3.39. The van der Waals surface area contributed by atoms with Crippen molar-refractivity contribution in [1.82, 2.24) is 5.32 Å². The average molecular weight is 275 g/mol. The number of amides is 1. The van der Waals surface area contributed by atoms with E-state index in [9.17, 15) is 14.7 Å². The molecule has 0 aliphatic rings. The van der Waals surface area contributed by atoms with Crippen LogP contribution in [-0.4, -0.2) is 23.2 Å². The third-order valence-electron chi connectivity index (χ3n) is 3.40. The Bertz CT molecular complexity index is 686. The molecule has 2 N–H and O–H groups in total. The van der Waals surface area contributed by atoms with Crippen molar-refractivity contribution in [2.75, 3.05) is 6.61 Å². The second kappa shape index (κ2) is 5.46. The summed E-state index contributed by atoms with van der Waals surface area (Å²) >= 11 is 0. The third-order valence-corrected chi connectivity index (χ3v) is 3.40. The molecule has 1 heterocycles. The van der Waals surface area contributed by atoms with Crippen molar-refractivity contribution in [2.24, 2.45) is 0 Å². The van der Waals surface area contributed by atoms with Gasteiger partial charge in [-0.15, -0.1) is 0 Å². The number of hydrogen-bond donors (Lipinski definition) is 2. The van der Waals surface area contributed by atoms with Crippen LogP contribution < -0.4 is 10.7 Å². The summed E-state index contributed by atoms with van der Waals surface area (Å²) in [4.78, 5) is 24.0. The van der Waals surface area contributed by atoms with Gasteiger partial charge in [0.2, 0.25) is 0 Å². The van der Waals surface area contributed by atoms with Crippen LogP contribution in [0.3, 0.4) is 0 Å². The Morgan fingerprint density at radius 3 is 2.75 bits per heavy atom. The Labute approximate surface area is 116 Å². The molecule has 0 bridgehead atoms. The minimum absolute atomic E-state index is 0.0539. The van der Waals surface area contributed by atoms with E-state index < -0.39 is 11.4 Å². The number of hydrogen-bond acceptors (Lipinski definition) is 4. The highest BCUT2D eigenvalue weighted by molar-refractivity contribution is 5.93. The summed E-state index contributed by atoms with van der Waals surface area (Å²) in [5, 5.41) is 12.4. The molecule has 1 atom stereocenters. The van der Waals surface area contributed by atoms with Gasteiger partial charge in [-0.2, -0.15) is 0 Å². The zero-order valence-corrected chi connectivity index (χ0v) is 11.5. The average Bonchev–Trinajstić information content (AvgIpc) is 2.47. The molecule has 1 aromatic heterocycles. The number of para-hydroxylation sites is 1. The van der Waals surface area contributed by atoms with E-state index in [-0.39, 0.29) is 17.8 Å². The lowest BCUT2D eigenvalue weighted by atomic mass is 10.00. The lowest BCUT2D eigenvalue weighted by Gasteiger charge is -2.26.